The van der Waals surface area contributed by atoms with E-state index in [1.807, 2.05) is 19.1 Å². The van der Waals surface area contributed by atoms with Crippen LogP contribution in [0.1, 0.15) is 25.3 Å². The summed E-state index contributed by atoms with van der Waals surface area (Å²) in [6.07, 6.45) is 5.92. The standard InChI is InChI=1S/C17H18N4/c1-17(11-18,15-7-8-15)14-5-3-12(4-6-14)13-9-20-16(19-2)21-10-13/h3-6,9-10,15H,7-8H2,1-2H3,(H,19,20,21). The number of rotatable bonds is 4. The summed E-state index contributed by atoms with van der Waals surface area (Å²) in [7, 11) is 1.80. The van der Waals surface area contributed by atoms with Crippen molar-refractivity contribution in [1.82, 2.24) is 9.97 Å². The first kappa shape index (κ1) is 13.6. The zero-order chi connectivity index (χ0) is 14.9. The van der Waals surface area contributed by atoms with Crippen LogP contribution >= 0.6 is 0 Å². The van der Waals surface area contributed by atoms with Crippen molar-refractivity contribution in [3.63, 3.8) is 0 Å². The van der Waals surface area contributed by atoms with Gasteiger partial charge in [0.05, 0.1) is 11.5 Å². The fraction of sp³-hybridized carbons (Fsp3) is 0.353. The molecule has 1 aromatic carbocycles. The minimum absolute atomic E-state index is 0.356. The molecule has 1 N–H and O–H groups in total. The maximum atomic E-state index is 9.52. The van der Waals surface area contributed by atoms with Crippen LogP contribution in [0.3, 0.4) is 0 Å². The third-order valence-electron chi connectivity index (χ3n) is 4.32. The van der Waals surface area contributed by atoms with Crippen LogP contribution in [0.5, 0.6) is 0 Å². The number of hydrogen-bond donors (Lipinski definition) is 1. The second-order valence-corrected chi connectivity index (χ2v) is 5.71. The van der Waals surface area contributed by atoms with Gasteiger partial charge in [0, 0.05) is 25.0 Å². The second-order valence-electron chi connectivity index (χ2n) is 5.71. The zero-order valence-electron chi connectivity index (χ0n) is 12.3. The van der Waals surface area contributed by atoms with Crippen molar-refractivity contribution in [2.75, 3.05) is 12.4 Å². The van der Waals surface area contributed by atoms with E-state index in [1.165, 1.54) is 0 Å². The number of nitrogens with one attached hydrogen (secondary N) is 1. The summed E-state index contributed by atoms with van der Waals surface area (Å²) in [6.45, 7) is 2.05. The van der Waals surface area contributed by atoms with E-state index >= 15 is 0 Å². The lowest BCUT2D eigenvalue weighted by molar-refractivity contribution is 0.529. The lowest BCUT2D eigenvalue weighted by Gasteiger charge is -2.21. The quantitative estimate of drug-likeness (QED) is 0.931. The molecule has 1 atom stereocenters. The van der Waals surface area contributed by atoms with Crippen molar-refractivity contribution in [1.29, 1.82) is 5.26 Å². The molecule has 1 aliphatic carbocycles. The molecule has 0 radical (unpaired) electrons. The number of nitriles is 1. The van der Waals surface area contributed by atoms with Crippen molar-refractivity contribution >= 4 is 5.95 Å². The summed E-state index contributed by atoms with van der Waals surface area (Å²) < 4.78 is 0. The molecule has 0 amide bonds. The normalized spacial score (nSPS) is 16.8. The van der Waals surface area contributed by atoms with Gasteiger partial charge in [-0.15, -0.1) is 0 Å². The fourth-order valence-electron chi connectivity index (χ4n) is 2.67. The van der Waals surface area contributed by atoms with Crippen LogP contribution in [-0.2, 0) is 5.41 Å². The van der Waals surface area contributed by atoms with Crippen LogP contribution in [0.4, 0.5) is 5.95 Å². The van der Waals surface area contributed by atoms with E-state index in [0.717, 1.165) is 29.5 Å². The Morgan fingerprint density at radius 1 is 1.14 bits per heavy atom. The fourth-order valence-corrected chi connectivity index (χ4v) is 2.67. The smallest absolute Gasteiger partial charge is 0.222 e. The van der Waals surface area contributed by atoms with E-state index in [0.29, 0.717) is 11.9 Å². The van der Waals surface area contributed by atoms with Gasteiger partial charge in [-0.2, -0.15) is 5.26 Å². The zero-order valence-corrected chi connectivity index (χ0v) is 12.3. The number of hydrogen-bond acceptors (Lipinski definition) is 4. The Kier molecular flexibility index (Phi) is 3.34. The van der Waals surface area contributed by atoms with Gasteiger partial charge < -0.3 is 5.32 Å². The Bertz CT molecular complexity index is 665. The molecule has 0 bridgehead atoms. The summed E-state index contributed by atoms with van der Waals surface area (Å²) >= 11 is 0. The van der Waals surface area contributed by atoms with E-state index in [2.05, 4.69) is 33.5 Å². The van der Waals surface area contributed by atoms with Crippen molar-refractivity contribution in [3.05, 3.63) is 42.2 Å². The van der Waals surface area contributed by atoms with Gasteiger partial charge in [-0.25, -0.2) is 9.97 Å². The molecule has 0 aliphatic heterocycles. The SMILES string of the molecule is CNc1ncc(-c2ccc(C(C)(C#N)C3CC3)cc2)cn1. The van der Waals surface area contributed by atoms with Gasteiger partial charge in [-0.3, -0.25) is 0 Å². The molecule has 4 heteroatoms. The van der Waals surface area contributed by atoms with Crippen LogP contribution < -0.4 is 5.32 Å². The first-order valence-electron chi connectivity index (χ1n) is 7.19. The topological polar surface area (TPSA) is 61.6 Å². The van der Waals surface area contributed by atoms with E-state index < -0.39 is 0 Å². The third-order valence-corrected chi connectivity index (χ3v) is 4.32. The summed E-state index contributed by atoms with van der Waals surface area (Å²) in [5, 5.41) is 12.4. The maximum Gasteiger partial charge on any atom is 0.222 e. The number of anilines is 1. The van der Waals surface area contributed by atoms with Crippen LogP contribution in [0.15, 0.2) is 36.7 Å². The molecule has 2 aromatic rings. The van der Waals surface area contributed by atoms with E-state index in [9.17, 15) is 5.26 Å². The summed E-state index contributed by atoms with van der Waals surface area (Å²) in [4.78, 5) is 8.45. The molecule has 1 aromatic heterocycles. The Morgan fingerprint density at radius 3 is 2.24 bits per heavy atom. The van der Waals surface area contributed by atoms with Crippen molar-refractivity contribution < 1.29 is 0 Å². The van der Waals surface area contributed by atoms with Gasteiger partial charge in [-0.05, 0) is 36.8 Å². The lowest BCUT2D eigenvalue weighted by Crippen LogP contribution is -2.22. The highest BCUT2D eigenvalue weighted by molar-refractivity contribution is 5.62. The van der Waals surface area contributed by atoms with Gasteiger partial charge in [-0.1, -0.05) is 24.3 Å². The highest BCUT2D eigenvalue weighted by atomic mass is 15.1. The Labute approximate surface area is 124 Å². The predicted octanol–water partition coefficient (Wildman–Crippen LogP) is 3.38. The highest BCUT2D eigenvalue weighted by Gasteiger charge is 2.43. The first-order valence-corrected chi connectivity index (χ1v) is 7.19. The minimum Gasteiger partial charge on any atom is -0.357 e. The molecule has 4 nitrogen and oxygen atoms in total. The molecule has 1 aliphatic rings. The molecule has 1 unspecified atom stereocenters. The van der Waals surface area contributed by atoms with E-state index in [-0.39, 0.29) is 5.41 Å². The third kappa shape index (κ3) is 2.47. The van der Waals surface area contributed by atoms with Gasteiger partial charge in [0.25, 0.3) is 0 Å². The van der Waals surface area contributed by atoms with Crippen molar-refractivity contribution in [2.24, 2.45) is 5.92 Å². The van der Waals surface area contributed by atoms with Gasteiger partial charge >= 0.3 is 0 Å². The molecule has 1 saturated carbocycles. The number of aromatic nitrogens is 2. The molecule has 0 spiro atoms. The summed E-state index contributed by atoms with van der Waals surface area (Å²) in [5.41, 5.74) is 2.79. The largest absolute Gasteiger partial charge is 0.357 e. The number of benzene rings is 1. The molecule has 21 heavy (non-hydrogen) atoms. The molecule has 1 fully saturated rings. The minimum atomic E-state index is -0.356. The Balaban J connectivity index is 1.88. The Hall–Kier alpha value is -2.41. The monoisotopic (exact) mass is 278 g/mol. The van der Waals surface area contributed by atoms with Crippen LogP contribution in [-0.4, -0.2) is 17.0 Å². The van der Waals surface area contributed by atoms with Crippen LogP contribution in [0.25, 0.3) is 11.1 Å². The first-order chi connectivity index (χ1) is 10.2. The maximum absolute atomic E-state index is 9.52. The summed E-state index contributed by atoms with van der Waals surface area (Å²) in [6, 6.07) is 10.7. The molecule has 0 saturated heterocycles. The van der Waals surface area contributed by atoms with E-state index in [1.54, 1.807) is 19.4 Å². The van der Waals surface area contributed by atoms with Crippen LogP contribution in [0, 0.1) is 17.2 Å². The van der Waals surface area contributed by atoms with Gasteiger partial charge in [0.2, 0.25) is 5.95 Å². The molecule has 3 rings (SSSR count). The summed E-state index contributed by atoms with van der Waals surface area (Å²) in [5.74, 6) is 1.12. The predicted molar refractivity (Wildman–Crippen MR) is 82.7 cm³/mol. The second kappa shape index (κ2) is 5.17. The molecule has 106 valence electrons. The molecular weight excluding hydrogens is 260 g/mol. The van der Waals surface area contributed by atoms with Gasteiger partial charge in [0.1, 0.15) is 0 Å². The Morgan fingerprint density at radius 2 is 1.76 bits per heavy atom. The van der Waals surface area contributed by atoms with Crippen molar-refractivity contribution in [3.8, 4) is 17.2 Å². The van der Waals surface area contributed by atoms with Crippen molar-refractivity contribution in [2.45, 2.75) is 25.2 Å². The van der Waals surface area contributed by atoms with Crippen LogP contribution in [0.2, 0.25) is 0 Å². The average Bonchev–Trinajstić information content (AvgIpc) is 3.40. The van der Waals surface area contributed by atoms with Gasteiger partial charge in [0.15, 0.2) is 0 Å². The molecule has 1 heterocycles. The lowest BCUT2D eigenvalue weighted by atomic mass is 9.79. The average molecular weight is 278 g/mol. The number of nitrogens with zero attached hydrogens (tertiary/aromatic N) is 3. The van der Waals surface area contributed by atoms with E-state index in [4.69, 9.17) is 0 Å². The highest BCUT2D eigenvalue weighted by Crippen LogP contribution is 2.47. The molecular formula is C17H18N4.